The van der Waals surface area contributed by atoms with Gasteiger partial charge in [0.2, 0.25) is 0 Å². The molecule has 1 atom stereocenters. The molecule has 1 amide bonds. The molecule has 2 aromatic rings. The van der Waals surface area contributed by atoms with Crippen molar-refractivity contribution in [3.05, 3.63) is 41.6 Å². The highest BCUT2D eigenvalue weighted by Crippen LogP contribution is 2.26. The van der Waals surface area contributed by atoms with Crippen molar-refractivity contribution in [2.24, 2.45) is 0 Å². The maximum absolute atomic E-state index is 12.7. The van der Waals surface area contributed by atoms with Crippen LogP contribution in [0.1, 0.15) is 16.1 Å². The predicted molar refractivity (Wildman–Crippen MR) is 81.4 cm³/mol. The minimum Gasteiger partial charge on any atom is -0.480 e. The van der Waals surface area contributed by atoms with Crippen LogP contribution in [0.3, 0.4) is 0 Å². The van der Waals surface area contributed by atoms with Gasteiger partial charge in [-0.1, -0.05) is 18.2 Å². The van der Waals surface area contributed by atoms with Gasteiger partial charge in [-0.15, -0.1) is 11.8 Å². The molecule has 1 aliphatic rings. The molecule has 0 bridgehead atoms. The van der Waals surface area contributed by atoms with Gasteiger partial charge >= 0.3 is 5.97 Å². The number of aliphatic carboxylic acids is 1. The zero-order valence-corrected chi connectivity index (χ0v) is 12.3. The second-order valence-corrected chi connectivity index (χ2v) is 5.96. The van der Waals surface area contributed by atoms with Gasteiger partial charge in [-0.25, -0.2) is 4.79 Å². The molecule has 1 aliphatic heterocycles. The van der Waals surface area contributed by atoms with E-state index in [9.17, 15) is 14.7 Å². The molecule has 6 heteroatoms. The van der Waals surface area contributed by atoms with Crippen LogP contribution < -0.4 is 0 Å². The van der Waals surface area contributed by atoms with E-state index in [-0.39, 0.29) is 5.91 Å². The van der Waals surface area contributed by atoms with Crippen molar-refractivity contribution in [3.8, 4) is 0 Å². The molecule has 2 heterocycles. The van der Waals surface area contributed by atoms with E-state index in [2.05, 4.69) is 4.98 Å². The number of para-hydroxylation sites is 1. The number of carbonyl (C=O) groups excluding carboxylic acids is 1. The maximum Gasteiger partial charge on any atom is 0.327 e. The fraction of sp³-hybridized carbons (Fsp3) is 0.267. The number of benzene rings is 1. The molecule has 0 saturated carbocycles. The van der Waals surface area contributed by atoms with Gasteiger partial charge in [-0.2, -0.15) is 0 Å². The van der Waals surface area contributed by atoms with E-state index in [1.807, 2.05) is 31.2 Å². The van der Waals surface area contributed by atoms with Crippen molar-refractivity contribution >= 4 is 34.5 Å². The number of hydrogen-bond donors (Lipinski definition) is 1. The Morgan fingerprint density at radius 2 is 2.14 bits per heavy atom. The van der Waals surface area contributed by atoms with Crippen molar-refractivity contribution in [3.63, 3.8) is 0 Å². The Balaban J connectivity index is 2.07. The normalized spacial score (nSPS) is 18.1. The lowest BCUT2D eigenvalue weighted by Gasteiger charge is -2.21. The molecule has 21 heavy (non-hydrogen) atoms. The second kappa shape index (κ2) is 5.37. The van der Waals surface area contributed by atoms with E-state index < -0.39 is 12.0 Å². The fourth-order valence-corrected chi connectivity index (χ4v) is 3.63. The molecule has 1 N–H and O–H groups in total. The average molecular weight is 302 g/mol. The standard InChI is InChI=1S/C15H14N2O3S/c1-9-6-11(10-4-2-3-5-12(10)16-9)14(18)17-8-21-7-13(17)15(19)20/h2-6,13H,7-8H2,1H3,(H,19,20)/t13-/m0/s1. The predicted octanol–water partition coefficient (Wildman–Crippen LogP) is 2.14. The summed E-state index contributed by atoms with van der Waals surface area (Å²) in [5, 5.41) is 9.99. The van der Waals surface area contributed by atoms with E-state index in [1.165, 1.54) is 16.7 Å². The second-order valence-electron chi connectivity index (χ2n) is 4.96. The van der Waals surface area contributed by atoms with Gasteiger partial charge < -0.3 is 10.0 Å². The third kappa shape index (κ3) is 2.47. The Labute approximate surface area is 126 Å². The van der Waals surface area contributed by atoms with Gasteiger partial charge in [0.25, 0.3) is 5.91 Å². The number of thioether (sulfide) groups is 1. The zero-order chi connectivity index (χ0) is 15.0. The van der Waals surface area contributed by atoms with Gasteiger partial charge in [-0.05, 0) is 19.1 Å². The number of carboxylic acids is 1. The molecule has 5 nitrogen and oxygen atoms in total. The first-order valence-corrected chi connectivity index (χ1v) is 7.71. The number of rotatable bonds is 2. The number of aromatic nitrogens is 1. The first kappa shape index (κ1) is 13.9. The van der Waals surface area contributed by atoms with Crippen LogP contribution in [0.25, 0.3) is 10.9 Å². The summed E-state index contributed by atoms with van der Waals surface area (Å²) in [5.74, 6) is -0.355. The SMILES string of the molecule is Cc1cc(C(=O)N2CSC[C@H]2C(=O)O)c2ccccc2n1. The molecular formula is C15H14N2O3S. The Bertz CT molecular complexity index is 732. The lowest BCUT2D eigenvalue weighted by atomic mass is 10.1. The topological polar surface area (TPSA) is 70.5 Å². The minimum atomic E-state index is -0.955. The highest BCUT2D eigenvalue weighted by Gasteiger charge is 2.35. The first-order chi connectivity index (χ1) is 10.1. The van der Waals surface area contributed by atoms with Gasteiger partial charge in [0.15, 0.2) is 0 Å². The molecule has 1 fully saturated rings. The lowest BCUT2D eigenvalue weighted by molar-refractivity contribution is -0.140. The molecule has 3 rings (SSSR count). The quantitative estimate of drug-likeness (QED) is 0.920. The molecule has 0 radical (unpaired) electrons. The molecule has 1 aromatic heterocycles. The number of amides is 1. The average Bonchev–Trinajstić information content (AvgIpc) is 2.95. The van der Waals surface area contributed by atoms with Crippen molar-refractivity contribution in [2.45, 2.75) is 13.0 Å². The summed E-state index contributed by atoms with van der Waals surface area (Å²) in [5.41, 5.74) is 2.02. The number of nitrogens with zero attached hydrogens (tertiary/aromatic N) is 2. The summed E-state index contributed by atoms with van der Waals surface area (Å²) in [6, 6.07) is 8.39. The van der Waals surface area contributed by atoms with Crippen molar-refractivity contribution < 1.29 is 14.7 Å². The highest BCUT2D eigenvalue weighted by molar-refractivity contribution is 7.99. The van der Waals surface area contributed by atoms with Crippen LogP contribution in [-0.4, -0.2) is 44.5 Å². The largest absolute Gasteiger partial charge is 0.480 e. The van der Waals surface area contributed by atoms with E-state index in [0.29, 0.717) is 17.2 Å². The van der Waals surface area contributed by atoms with E-state index in [0.717, 1.165) is 16.6 Å². The van der Waals surface area contributed by atoms with Gasteiger partial charge in [-0.3, -0.25) is 9.78 Å². The zero-order valence-electron chi connectivity index (χ0n) is 11.4. The summed E-state index contributed by atoms with van der Waals surface area (Å²) in [6.45, 7) is 1.83. The lowest BCUT2D eigenvalue weighted by Crippen LogP contribution is -2.41. The summed E-state index contributed by atoms with van der Waals surface area (Å²) >= 11 is 1.46. The fourth-order valence-electron chi connectivity index (χ4n) is 2.49. The van der Waals surface area contributed by atoms with Crippen molar-refractivity contribution in [1.29, 1.82) is 0 Å². The summed E-state index contributed by atoms with van der Waals surface area (Å²) in [6.07, 6.45) is 0. The number of fused-ring (bicyclic) bond motifs is 1. The van der Waals surface area contributed by atoms with E-state index in [1.54, 1.807) is 6.07 Å². The third-order valence-electron chi connectivity index (χ3n) is 3.50. The smallest absolute Gasteiger partial charge is 0.327 e. The summed E-state index contributed by atoms with van der Waals surface area (Å²) in [7, 11) is 0. The molecule has 108 valence electrons. The molecule has 0 unspecified atom stereocenters. The van der Waals surface area contributed by atoms with Crippen LogP contribution in [0.5, 0.6) is 0 Å². The van der Waals surface area contributed by atoms with Gasteiger partial charge in [0, 0.05) is 16.8 Å². The monoisotopic (exact) mass is 302 g/mol. The van der Waals surface area contributed by atoms with Crippen molar-refractivity contribution in [2.75, 3.05) is 11.6 Å². The van der Waals surface area contributed by atoms with Crippen molar-refractivity contribution in [1.82, 2.24) is 9.88 Å². The van der Waals surface area contributed by atoms with E-state index >= 15 is 0 Å². The Hall–Kier alpha value is -2.08. The molecule has 1 aromatic carbocycles. The highest BCUT2D eigenvalue weighted by atomic mass is 32.2. The molecule has 0 aliphatic carbocycles. The number of aryl methyl sites for hydroxylation is 1. The maximum atomic E-state index is 12.7. The van der Waals surface area contributed by atoms with E-state index in [4.69, 9.17) is 0 Å². The molecular weight excluding hydrogens is 288 g/mol. The minimum absolute atomic E-state index is 0.242. The van der Waals surface area contributed by atoms with Gasteiger partial charge in [0.1, 0.15) is 6.04 Å². The van der Waals surface area contributed by atoms with Crippen LogP contribution in [0, 0.1) is 6.92 Å². The molecule has 1 saturated heterocycles. The summed E-state index contributed by atoms with van der Waals surface area (Å²) in [4.78, 5) is 29.8. The Morgan fingerprint density at radius 3 is 2.90 bits per heavy atom. The van der Waals surface area contributed by atoms with Crippen LogP contribution in [0.4, 0.5) is 0 Å². The number of hydrogen-bond acceptors (Lipinski definition) is 4. The molecule has 0 spiro atoms. The number of carboxylic acid groups (broad SMARTS) is 1. The van der Waals surface area contributed by atoms with Crippen LogP contribution in [0.2, 0.25) is 0 Å². The van der Waals surface area contributed by atoms with Crippen LogP contribution in [0.15, 0.2) is 30.3 Å². The Morgan fingerprint density at radius 1 is 1.38 bits per heavy atom. The van der Waals surface area contributed by atoms with Gasteiger partial charge in [0.05, 0.1) is 17.0 Å². The third-order valence-corrected chi connectivity index (χ3v) is 4.52. The summed E-state index contributed by atoms with van der Waals surface area (Å²) < 4.78 is 0. The van der Waals surface area contributed by atoms with Crippen LogP contribution in [-0.2, 0) is 4.79 Å². The number of carbonyl (C=O) groups is 2. The first-order valence-electron chi connectivity index (χ1n) is 6.56. The van der Waals surface area contributed by atoms with Crippen LogP contribution >= 0.6 is 11.8 Å². The number of pyridine rings is 1. The Kier molecular flexibility index (Phi) is 3.55.